The molecule has 18 heavy (non-hydrogen) atoms. The van der Waals surface area contributed by atoms with Crippen LogP contribution in [-0.2, 0) is 6.42 Å². The number of carbonyl (C=O) groups excluding carboxylic acids is 1. The molecule has 3 rings (SSSR count). The smallest absolute Gasteiger partial charge is 0.153 e. The van der Waals surface area contributed by atoms with Crippen molar-refractivity contribution in [2.45, 2.75) is 13.3 Å². The Balaban J connectivity index is 2.28. The van der Waals surface area contributed by atoms with Gasteiger partial charge >= 0.3 is 0 Å². The fourth-order valence-electron chi connectivity index (χ4n) is 2.50. The minimum atomic E-state index is -0.532. The zero-order valence-electron chi connectivity index (χ0n) is 9.76. The molecular formula is C15H10F2O. The van der Waals surface area contributed by atoms with E-state index in [1.165, 1.54) is 6.07 Å². The van der Waals surface area contributed by atoms with E-state index < -0.39 is 5.82 Å². The van der Waals surface area contributed by atoms with Crippen molar-refractivity contribution in [3.05, 3.63) is 58.2 Å². The molecule has 0 radical (unpaired) electrons. The minimum absolute atomic E-state index is 0.0266. The molecule has 0 N–H and O–H groups in total. The van der Waals surface area contributed by atoms with E-state index in [-0.39, 0.29) is 17.8 Å². The molecule has 0 atom stereocenters. The summed E-state index contributed by atoms with van der Waals surface area (Å²) in [6.45, 7) is 1.69. The summed E-state index contributed by atoms with van der Waals surface area (Å²) in [5.74, 6) is -0.813. The third-order valence-corrected chi connectivity index (χ3v) is 3.48. The van der Waals surface area contributed by atoms with Crippen LogP contribution in [0.15, 0.2) is 24.3 Å². The summed E-state index contributed by atoms with van der Waals surface area (Å²) in [7, 11) is 0. The molecular weight excluding hydrogens is 234 g/mol. The number of hydrogen-bond acceptors (Lipinski definition) is 1. The Morgan fingerprint density at radius 1 is 1.00 bits per heavy atom. The molecule has 0 saturated carbocycles. The molecule has 1 aliphatic rings. The number of benzene rings is 2. The second kappa shape index (κ2) is 3.73. The summed E-state index contributed by atoms with van der Waals surface area (Å²) in [4.78, 5) is 10.7. The van der Waals surface area contributed by atoms with Crippen molar-refractivity contribution in [1.82, 2.24) is 0 Å². The Bertz CT molecular complexity index is 675. The third-order valence-electron chi connectivity index (χ3n) is 3.48. The van der Waals surface area contributed by atoms with E-state index in [1.54, 1.807) is 25.1 Å². The number of aldehydes is 1. The molecule has 0 aromatic heterocycles. The predicted octanol–water partition coefficient (Wildman–Crippen LogP) is 3.66. The lowest BCUT2D eigenvalue weighted by Crippen LogP contribution is -1.95. The normalized spacial score (nSPS) is 12.2. The van der Waals surface area contributed by atoms with Gasteiger partial charge in [0.05, 0.1) is 5.56 Å². The van der Waals surface area contributed by atoms with Crippen LogP contribution >= 0.6 is 0 Å². The van der Waals surface area contributed by atoms with Gasteiger partial charge < -0.3 is 0 Å². The first-order valence-electron chi connectivity index (χ1n) is 5.68. The van der Waals surface area contributed by atoms with Crippen molar-refractivity contribution in [3.63, 3.8) is 0 Å². The van der Waals surface area contributed by atoms with Gasteiger partial charge in [-0.05, 0) is 29.7 Å². The number of fused-ring (bicyclic) bond motifs is 3. The molecule has 0 fully saturated rings. The van der Waals surface area contributed by atoms with Crippen molar-refractivity contribution < 1.29 is 13.6 Å². The maximum atomic E-state index is 14.0. The van der Waals surface area contributed by atoms with Gasteiger partial charge in [-0.3, -0.25) is 4.79 Å². The maximum Gasteiger partial charge on any atom is 0.153 e. The Hall–Kier alpha value is -2.03. The maximum absolute atomic E-state index is 14.0. The minimum Gasteiger partial charge on any atom is -0.298 e. The van der Waals surface area contributed by atoms with Crippen molar-refractivity contribution in [2.24, 2.45) is 0 Å². The molecule has 0 aliphatic heterocycles. The largest absolute Gasteiger partial charge is 0.298 e. The van der Waals surface area contributed by atoms with Crippen molar-refractivity contribution in [3.8, 4) is 11.1 Å². The Morgan fingerprint density at radius 3 is 2.28 bits per heavy atom. The average Bonchev–Trinajstić information content (AvgIpc) is 2.75. The third kappa shape index (κ3) is 1.33. The van der Waals surface area contributed by atoms with Crippen molar-refractivity contribution >= 4 is 6.29 Å². The van der Waals surface area contributed by atoms with Crippen LogP contribution in [0.5, 0.6) is 0 Å². The van der Waals surface area contributed by atoms with E-state index in [0.717, 1.165) is 5.56 Å². The van der Waals surface area contributed by atoms with E-state index in [1.807, 2.05) is 0 Å². The van der Waals surface area contributed by atoms with Crippen LogP contribution in [-0.4, -0.2) is 6.29 Å². The number of carbonyl (C=O) groups is 1. The molecule has 1 aliphatic carbocycles. The van der Waals surface area contributed by atoms with Gasteiger partial charge in [-0.25, -0.2) is 8.78 Å². The van der Waals surface area contributed by atoms with Gasteiger partial charge in [-0.1, -0.05) is 18.2 Å². The van der Waals surface area contributed by atoms with Gasteiger partial charge in [0.1, 0.15) is 11.6 Å². The fourth-order valence-corrected chi connectivity index (χ4v) is 2.50. The highest BCUT2D eigenvalue weighted by Crippen LogP contribution is 2.40. The summed E-state index contributed by atoms with van der Waals surface area (Å²) in [6, 6.07) is 6.62. The molecule has 0 bridgehead atoms. The van der Waals surface area contributed by atoms with E-state index in [2.05, 4.69) is 0 Å². The summed E-state index contributed by atoms with van der Waals surface area (Å²) >= 11 is 0. The van der Waals surface area contributed by atoms with E-state index in [4.69, 9.17) is 0 Å². The molecule has 2 aromatic rings. The lowest BCUT2D eigenvalue weighted by Gasteiger charge is -2.04. The first kappa shape index (κ1) is 11.1. The summed E-state index contributed by atoms with van der Waals surface area (Å²) < 4.78 is 28.0. The number of halogens is 2. The number of hydrogen-bond donors (Lipinski definition) is 0. The molecule has 3 heteroatoms. The van der Waals surface area contributed by atoms with Crippen LogP contribution in [0.3, 0.4) is 0 Å². The van der Waals surface area contributed by atoms with Gasteiger partial charge in [0.2, 0.25) is 0 Å². The van der Waals surface area contributed by atoms with E-state index in [9.17, 15) is 13.6 Å². The quantitative estimate of drug-likeness (QED) is 0.597. The monoisotopic (exact) mass is 244 g/mol. The highest BCUT2D eigenvalue weighted by Gasteiger charge is 2.26. The van der Waals surface area contributed by atoms with Gasteiger partial charge in [-0.15, -0.1) is 0 Å². The SMILES string of the molecule is Cc1ccc2c(c1F)Cc1c-2ccc(C=O)c1F. The zero-order chi connectivity index (χ0) is 12.9. The standard InChI is InChI=1S/C15H10F2O/c1-8-2-4-10-11-5-3-9(7-18)15(17)13(11)6-12(10)14(8)16/h2-5,7H,6H2,1H3. The van der Waals surface area contributed by atoms with E-state index >= 15 is 0 Å². The molecule has 0 unspecified atom stereocenters. The molecule has 0 amide bonds. The molecule has 90 valence electrons. The molecule has 0 heterocycles. The Kier molecular flexibility index (Phi) is 2.30. The van der Waals surface area contributed by atoms with Crippen LogP contribution in [0.4, 0.5) is 8.78 Å². The topological polar surface area (TPSA) is 17.1 Å². The molecule has 1 nitrogen and oxygen atoms in total. The highest BCUT2D eigenvalue weighted by atomic mass is 19.1. The van der Waals surface area contributed by atoms with Gasteiger partial charge in [0, 0.05) is 17.5 Å². The number of rotatable bonds is 1. The van der Waals surface area contributed by atoms with Gasteiger partial charge in [0.15, 0.2) is 6.29 Å². The van der Waals surface area contributed by atoms with Crippen LogP contribution < -0.4 is 0 Å². The summed E-state index contributed by atoms with van der Waals surface area (Å²) in [5.41, 5.74) is 2.93. The second-order valence-corrected chi connectivity index (χ2v) is 4.51. The first-order valence-corrected chi connectivity index (χ1v) is 5.68. The van der Waals surface area contributed by atoms with Crippen LogP contribution in [0, 0.1) is 18.6 Å². The molecule has 0 saturated heterocycles. The Labute approximate surface area is 103 Å². The zero-order valence-corrected chi connectivity index (χ0v) is 9.76. The lowest BCUT2D eigenvalue weighted by atomic mass is 10.0. The second-order valence-electron chi connectivity index (χ2n) is 4.51. The average molecular weight is 244 g/mol. The first-order chi connectivity index (χ1) is 8.63. The Morgan fingerprint density at radius 2 is 1.61 bits per heavy atom. The van der Waals surface area contributed by atoms with Crippen LogP contribution in [0.1, 0.15) is 27.0 Å². The van der Waals surface area contributed by atoms with Gasteiger partial charge in [-0.2, -0.15) is 0 Å². The fraction of sp³-hybridized carbons (Fsp3) is 0.133. The summed E-state index contributed by atoms with van der Waals surface area (Å²) in [5, 5.41) is 0. The van der Waals surface area contributed by atoms with Crippen molar-refractivity contribution in [2.75, 3.05) is 0 Å². The number of aryl methyl sites for hydroxylation is 1. The van der Waals surface area contributed by atoms with Crippen LogP contribution in [0.2, 0.25) is 0 Å². The van der Waals surface area contributed by atoms with Gasteiger partial charge in [0.25, 0.3) is 0 Å². The van der Waals surface area contributed by atoms with E-state index in [0.29, 0.717) is 28.5 Å². The molecule has 2 aromatic carbocycles. The molecule has 0 spiro atoms. The predicted molar refractivity (Wildman–Crippen MR) is 64.7 cm³/mol. The van der Waals surface area contributed by atoms with Crippen LogP contribution in [0.25, 0.3) is 11.1 Å². The van der Waals surface area contributed by atoms with Crippen molar-refractivity contribution in [1.29, 1.82) is 0 Å². The summed E-state index contributed by atoms with van der Waals surface area (Å²) in [6.07, 6.45) is 0.700. The lowest BCUT2D eigenvalue weighted by molar-refractivity contribution is 0.111. The highest BCUT2D eigenvalue weighted by molar-refractivity contribution is 5.83.